The maximum absolute atomic E-state index is 11.8. The Balaban J connectivity index is 2.11. The van der Waals surface area contributed by atoms with E-state index < -0.39 is 12.7 Å². The first kappa shape index (κ1) is 11.8. The van der Waals surface area contributed by atoms with E-state index in [-0.39, 0.29) is 6.04 Å². The zero-order chi connectivity index (χ0) is 10.8. The molecule has 0 spiro atoms. The third-order valence-corrected chi connectivity index (χ3v) is 2.58. The smallest absolute Gasteiger partial charge is 0.307 e. The van der Waals surface area contributed by atoms with Crippen molar-refractivity contribution in [3.05, 3.63) is 0 Å². The van der Waals surface area contributed by atoms with Gasteiger partial charge in [0.05, 0.1) is 6.54 Å². The summed E-state index contributed by atoms with van der Waals surface area (Å²) in [5.41, 5.74) is 0. The molecule has 0 bridgehead atoms. The van der Waals surface area contributed by atoms with Crippen LogP contribution in [0.1, 0.15) is 19.8 Å². The summed E-state index contributed by atoms with van der Waals surface area (Å²) in [6.45, 7) is 1.45. The maximum Gasteiger partial charge on any atom is 0.401 e. The molecule has 0 radical (unpaired) electrons. The number of rotatable bonds is 5. The van der Waals surface area contributed by atoms with E-state index in [0.717, 1.165) is 0 Å². The highest BCUT2D eigenvalue weighted by Gasteiger charge is 2.30. The van der Waals surface area contributed by atoms with Crippen LogP contribution in [-0.4, -0.2) is 43.3 Å². The lowest BCUT2D eigenvalue weighted by molar-refractivity contribution is -0.125. The summed E-state index contributed by atoms with van der Waals surface area (Å²) in [4.78, 5) is 2.14. The number of hydrogen-bond acceptors (Lipinski definition) is 2. The van der Waals surface area contributed by atoms with Crippen LogP contribution in [0.25, 0.3) is 0 Å². The van der Waals surface area contributed by atoms with Crippen molar-refractivity contribution >= 4 is 0 Å². The van der Waals surface area contributed by atoms with Gasteiger partial charge in [-0.15, -0.1) is 0 Å². The third-order valence-electron chi connectivity index (χ3n) is 2.58. The maximum atomic E-state index is 11.8. The highest BCUT2D eigenvalue weighted by atomic mass is 19.4. The SMILES string of the molecule is CC(CNCC(F)(F)F)N(C)C1CC1. The second kappa shape index (κ2) is 4.49. The summed E-state index contributed by atoms with van der Waals surface area (Å²) in [5.74, 6) is 0. The van der Waals surface area contributed by atoms with Gasteiger partial charge in [0.2, 0.25) is 0 Å². The summed E-state index contributed by atoms with van der Waals surface area (Å²) >= 11 is 0. The minimum atomic E-state index is -4.10. The highest BCUT2D eigenvalue weighted by molar-refractivity contribution is 4.85. The Morgan fingerprint density at radius 2 is 2.00 bits per heavy atom. The lowest BCUT2D eigenvalue weighted by Gasteiger charge is -2.24. The standard InChI is InChI=1S/C9H17F3N2/c1-7(14(2)8-3-4-8)5-13-6-9(10,11)12/h7-8,13H,3-6H2,1-2H3. The van der Waals surface area contributed by atoms with Crippen molar-refractivity contribution in [1.82, 2.24) is 10.2 Å². The number of nitrogens with one attached hydrogen (secondary N) is 1. The molecule has 0 aromatic carbocycles. The molecule has 1 rings (SSSR count). The van der Waals surface area contributed by atoms with Crippen molar-refractivity contribution in [2.24, 2.45) is 0 Å². The topological polar surface area (TPSA) is 15.3 Å². The average Bonchev–Trinajstić information content (AvgIpc) is 2.82. The van der Waals surface area contributed by atoms with Gasteiger partial charge >= 0.3 is 6.18 Å². The summed E-state index contributed by atoms with van der Waals surface area (Å²) in [6, 6.07) is 0.766. The van der Waals surface area contributed by atoms with E-state index >= 15 is 0 Å². The van der Waals surface area contributed by atoms with E-state index in [9.17, 15) is 13.2 Å². The predicted molar refractivity (Wildman–Crippen MR) is 49.2 cm³/mol. The quantitative estimate of drug-likeness (QED) is 0.741. The molecule has 1 aliphatic carbocycles. The first-order chi connectivity index (χ1) is 6.40. The molecule has 84 valence electrons. The summed E-state index contributed by atoms with van der Waals surface area (Å²) in [6.07, 6.45) is -1.74. The molecule has 5 heteroatoms. The lowest BCUT2D eigenvalue weighted by Crippen LogP contribution is -2.41. The molecule has 1 fully saturated rings. The molecule has 0 heterocycles. The minimum Gasteiger partial charge on any atom is -0.307 e. The van der Waals surface area contributed by atoms with Crippen molar-refractivity contribution in [2.45, 2.75) is 38.0 Å². The largest absolute Gasteiger partial charge is 0.401 e. The molecule has 1 unspecified atom stereocenters. The van der Waals surface area contributed by atoms with E-state index in [1.807, 2.05) is 14.0 Å². The highest BCUT2D eigenvalue weighted by Crippen LogP contribution is 2.26. The van der Waals surface area contributed by atoms with E-state index in [1.54, 1.807) is 0 Å². The van der Waals surface area contributed by atoms with Crippen molar-refractivity contribution in [3.63, 3.8) is 0 Å². The zero-order valence-electron chi connectivity index (χ0n) is 8.56. The van der Waals surface area contributed by atoms with E-state index in [0.29, 0.717) is 12.6 Å². The van der Waals surface area contributed by atoms with Gasteiger partial charge < -0.3 is 5.32 Å². The van der Waals surface area contributed by atoms with Crippen molar-refractivity contribution in [3.8, 4) is 0 Å². The van der Waals surface area contributed by atoms with Gasteiger partial charge in [0.15, 0.2) is 0 Å². The van der Waals surface area contributed by atoms with Gasteiger partial charge in [-0.1, -0.05) is 0 Å². The summed E-state index contributed by atoms with van der Waals surface area (Å²) < 4.78 is 35.4. The normalized spacial score (nSPS) is 20.1. The second-order valence-electron chi connectivity index (χ2n) is 3.99. The molecular weight excluding hydrogens is 193 g/mol. The summed E-state index contributed by atoms with van der Waals surface area (Å²) in [5, 5.41) is 2.42. The molecule has 0 amide bonds. The van der Waals surface area contributed by atoms with Gasteiger partial charge in [-0.2, -0.15) is 13.2 Å². The average molecular weight is 210 g/mol. The van der Waals surface area contributed by atoms with Gasteiger partial charge in [0.1, 0.15) is 0 Å². The number of alkyl halides is 3. The lowest BCUT2D eigenvalue weighted by atomic mass is 10.3. The Morgan fingerprint density at radius 1 is 1.43 bits per heavy atom. The Labute approximate surface area is 82.5 Å². The van der Waals surface area contributed by atoms with Crippen LogP contribution in [0.5, 0.6) is 0 Å². The Hall–Kier alpha value is -0.290. The van der Waals surface area contributed by atoms with Crippen LogP contribution in [-0.2, 0) is 0 Å². The Morgan fingerprint density at radius 3 is 2.43 bits per heavy atom. The van der Waals surface area contributed by atoms with Gasteiger partial charge in [-0.3, -0.25) is 4.90 Å². The first-order valence-electron chi connectivity index (χ1n) is 4.89. The van der Waals surface area contributed by atoms with Crippen LogP contribution >= 0.6 is 0 Å². The van der Waals surface area contributed by atoms with Gasteiger partial charge in [-0.05, 0) is 26.8 Å². The third kappa shape index (κ3) is 4.28. The number of halogens is 3. The van der Waals surface area contributed by atoms with Crippen LogP contribution in [0.3, 0.4) is 0 Å². The molecule has 1 saturated carbocycles. The van der Waals surface area contributed by atoms with E-state index in [2.05, 4.69) is 10.2 Å². The fraction of sp³-hybridized carbons (Fsp3) is 1.00. The number of nitrogens with zero attached hydrogens (tertiary/aromatic N) is 1. The summed E-state index contributed by atoms with van der Waals surface area (Å²) in [7, 11) is 1.97. The molecule has 1 N–H and O–H groups in total. The molecule has 0 aromatic heterocycles. The molecule has 1 aliphatic rings. The minimum absolute atomic E-state index is 0.171. The van der Waals surface area contributed by atoms with Crippen LogP contribution in [0.15, 0.2) is 0 Å². The Bertz CT molecular complexity index is 177. The Kier molecular flexibility index (Phi) is 3.78. The van der Waals surface area contributed by atoms with Crippen molar-refractivity contribution < 1.29 is 13.2 Å². The van der Waals surface area contributed by atoms with Crippen LogP contribution in [0.4, 0.5) is 13.2 Å². The molecule has 0 saturated heterocycles. The molecule has 2 nitrogen and oxygen atoms in total. The molecule has 0 aliphatic heterocycles. The first-order valence-corrected chi connectivity index (χ1v) is 4.89. The zero-order valence-corrected chi connectivity index (χ0v) is 8.56. The fourth-order valence-corrected chi connectivity index (χ4v) is 1.41. The number of likely N-dealkylation sites (N-methyl/N-ethyl adjacent to an activating group) is 1. The van der Waals surface area contributed by atoms with Crippen LogP contribution in [0, 0.1) is 0 Å². The molecule has 14 heavy (non-hydrogen) atoms. The molecular formula is C9H17F3N2. The second-order valence-corrected chi connectivity index (χ2v) is 3.99. The predicted octanol–water partition coefficient (Wildman–Crippen LogP) is 1.62. The van der Waals surface area contributed by atoms with Gasteiger partial charge in [0.25, 0.3) is 0 Å². The molecule has 0 aromatic rings. The molecule has 1 atom stereocenters. The number of hydrogen-bond donors (Lipinski definition) is 1. The van der Waals surface area contributed by atoms with Crippen LogP contribution < -0.4 is 5.32 Å². The van der Waals surface area contributed by atoms with Crippen molar-refractivity contribution in [1.29, 1.82) is 0 Å². The van der Waals surface area contributed by atoms with E-state index in [1.165, 1.54) is 12.8 Å². The fourth-order valence-electron chi connectivity index (χ4n) is 1.41. The van der Waals surface area contributed by atoms with Crippen LogP contribution in [0.2, 0.25) is 0 Å². The van der Waals surface area contributed by atoms with Crippen molar-refractivity contribution in [2.75, 3.05) is 20.1 Å². The monoisotopic (exact) mass is 210 g/mol. The van der Waals surface area contributed by atoms with Gasteiger partial charge in [-0.25, -0.2) is 0 Å². The van der Waals surface area contributed by atoms with Gasteiger partial charge in [0, 0.05) is 18.6 Å². The van der Waals surface area contributed by atoms with E-state index in [4.69, 9.17) is 0 Å².